The highest BCUT2D eigenvalue weighted by Gasteiger charge is 2.29. The number of hydrogen-bond donors (Lipinski definition) is 2. The molecule has 9 heteroatoms. The number of ether oxygens (including phenoxy) is 1. The van der Waals surface area contributed by atoms with Crippen molar-refractivity contribution in [2.75, 3.05) is 12.4 Å². The zero-order valence-electron chi connectivity index (χ0n) is 13.1. The number of H-pyrrole nitrogens is 1. The third-order valence-corrected chi connectivity index (χ3v) is 5.01. The molecule has 0 radical (unpaired) electrons. The molecular weight excluding hydrogens is 336 g/mol. The van der Waals surface area contributed by atoms with E-state index < -0.39 is 5.60 Å². The number of amides is 1. The van der Waals surface area contributed by atoms with Crippen molar-refractivity contribution in [3.63, 3.8) is 0 Å². The van der Waals surface area contributed by atoms with Crippen molar-refractivity contribution >= 4 is 39.9 Å². The lowest BCUT2D eigenvalue weighted by Crippen LogP contribution is -2.39. The maximum absolute atomic E-state index is 12.3. The summed E-state index contributed by atoms with van der Waals surface area (Å²) in [5, 5.41) is 0.574. The SMILES string of the molecule is CC(C)(C)OC(=O)N1CCc2c(sc3[nH]c(=S)n(N)c(=O)c23)C1. The number of thiophene rings is 1. The first-order valence-electron chi connectivity index (χ1n) is 7.20. The topological polar surface area (TPSA) is 93.3 Å². The summed E-state index contributed by atoms with van der Waals surface area (Å²) in [7, 11) is 0. The number of aromatic amines is 1. The van der Waals surface area contributed by atoms with Gasteiger partial charge >= 0.3 is 6.09 Å². The Morgan fingerprint density at radius 3 is 2.78 bits per heavy atom. The summed E-state index contributed by atoms with van der Waals surface area (Å²) in [5.74, 6) is 5.67. The van der Waals surface area contributed by atoms with Crippen molar-refractivity contribution < 1.29 is 9.53 Å². The number of fused-ring (bicyclic) bond motifs is 3. The van der Waals surface area contributed by atoms with Gasteiger partial charge in [-0.3, -0.25) is 4.79 Å². The zero-order valence-corrected chi connectivity index (χ0v) is 14.8. The highest BCUT2D eigenvalue weighted by Crippen LogP contribution is 2.32. The lowest BCUT2D eigenvalue weighted by Gasteiger charge is -2.29. The summed E-state index contributed by atoms with van der Waals surface area (Å²) in [4.78, 5) is 30.8. The molecule has 2 aromatic rings. The molecule has 0 fully saturated rings. The molecule has 3 N–H and O–H groups in total. The molecule has 1 aliphatic rings. The summed E-state index contributed by atoms with van der Waals surface area (Å²) in [5.41, 5.74) is 0.114. The van der Waals surface area contributed by atoms with Crippen LogP contribution in [0.3, 0.4) is 0 Å². The molecule has 1 amide bonds. The van der Waals surface area contributed by atoms with Crippen molar-refractivity contribution in [3.05, 3.63) is 25.6 Å². The highest BCUT2D eigenvalue weighted by molar-refractivity contribution is 7.71. The molecule has 0 spiro atoms. The summed E-state index contributed by atoms with van der Waals surface area (Å²) in [6, 6.07) is 0. The number of nitrogens with zero attached hydrogens (tertiary/aromatic N) is 2. The first-order valence-corrected chi connectivity index (χ1v) is 8.42. The second-order valence-electron chi connectivity index (χ2n) is 6.47. The number of aromatic nitrogens is 2. The molecule has 0 atom stereocenters. The van der Waals surface area contributed by atoms with Crippen molar-refractivity contribution in [1.82, 2.24) is 14.6 Å². The standard InChI is InChI=1S/C14H18N4O3S2/c1-14(2,3)21-13(20)17-5-4-7-8(6-17)23-10-9(7)11(19)18(15)12(22)16-10/h4-6,15H2,1-3H3,(H,16,22). The van der Waals surface area contributed by atoms with Crippen LogP contribution in [0.2, 0.25) is 0 Å². The minimum absolute atomic E-state index is 0.185. The lowest BCUT2D eigenvalue weighted by molar-refractivity contribution is 0.0227. The van der Waals surface area contributed by atoms with Gasteiger partial charge in [0.1, 0.15) is 10.4 Å². The monoisotopic (exact) mass is 354 g/mol. The van der Waals surface area contributed by atoms with E-state index in [-0.39, 0.29) is 16.4 Å². The van der Waals surface area contributed by atoms with Crippen molar-refractivity contribution in [3.8, 4) is 0 Å². The molecule has 0 bridgehead atoms. The molecule has 0 aliphatic carbocycles. The van der Waals surface area contributed by atoms with E-state index in [9.17, 15) is 9.59 Å². The Hall–Kier alpha value is -1.87. The lowest BCUT2D eigenvalue weighted by atomic mass is 10.1. The molecule has 3 rings (SSSR count). The Morgan fingerprint density at radius 1 is 1.43 bits per heavy atom. The van der Waals surface area contributed by atoms with Gasteiger partial charge < -0.3 is 20.5 Å². The first kappa shape index (κ1) is 16.0. The Kier molecular flexibility index (Phi) is 3.72. The summed E-state index contributed by atoms with van der Waals surface area (Å²) in [6.07, 6.45) is 0.249. The van der Waals surface area contributed by atoms with Crippen molar-refractivity contribution in [1.29, 1.82) is 0 Å². The fraction of sp³-hybridized carbons (Fsp3) is 0.500. The van der Waals surface area contributed by atoms with Gasteiger partial charge in [0, 0.05) is 11.4 Å². The summed E-state index contributed by atoms with van der Waals surface area (Å²) >= 11 is 6.47. The molecule has 0 aromatic carbocycles. The van der Waals surface area contributed by atoms with Gasteiger partial charge in [-0.05, 0) is 45.0 Å². The quantitative estimate of drug-likeness (QED) is 0.558. The van der Waals surface area contributed by atoms with Gasteiger partial charge in [-0.2, -0.15) is 4.68 Å². The van der Waals surface area contributed by atoms with E-state index in [0.717, 1.165) is 15.1 Å². The van der Waals surface area contributed by atoms with E-state index in [2.05, 4.69) is 4.98 Å². The Balaban J connectivity index is 1.98. The molecule has 3 heterocycles. The van der Waals surface area contributed by atoms with Gasteiger partial charge in [-0.15, -0.1) is 11.3 Å². The molecule has 2 aromatic heterocycles. The van der Waals surface area contributed by atoms with Gasteiger partial charge in [-0.25, -0.2) is 4.79 Å². The number of carbonyl (C=O) groups excluding carboxylic acids is 1. The third-order valence-electron chi connectivity index (χ3n) is 3.58. The fourth-order valence-electron chi connectivity index (χ4n) is 2.57. The molecule has 1 aliphatic heterocycles. The van der Waals surface area contributed by atoms with Gasteiger partial charge in [0.15, 0.2) is 4.77 Å². The zero-order chi connectivity index (χ0) is 16.9. The largest absolute Gasteiger partial charge is 0.444 e. The van der Waals surface area contributed by atoms with Crippen LogP contribution in [0.15, 0.2) is 4.79 Å². The minimum Gasteiger partial charge on any atom is -0.444 e. The van der Waals surface area contributed by atoms with Gasteiger partial charge in [0.25, 0.3) is 5.56 Å². The number of nitrogen functional groups attached to an aromatic ring is 1. The number of nitrogens with two attached hydrogens (primary N) is 1. The first-order chi connectivity index (χ1) is 10.7. The molecule has 0 saturated heterocycles. The maximum atomic E-state index is 12.3. The summed E-state index contributed by atoms with van der Waals surface area (Å²) < 4.78 is 6.54. The van der Waals surface area contributed by atoms with Crippen LogP contribution in [0.5, 0.6) is 0 Å². The van der Waals surface area contributed by atoms with Gasteiger partial charge in [0.05, 0.1) is 11.9 Å². The van der Waals surface area contributed by atoms with Crippen LogP contribution < -0.4 is 11.4 Å². The van der Waals surface area contributed by atoms with Crippen molar-refractivity contribution in [2.24, 2.45) is 0 Å². The Labute approximate surface area is 141 Å². The Morgan fingerprint density at radius 2 is 2.13 bits per heavy atom. The van der Waals surface area contributed by atoms with Crippen LogP contribution in [-0.2, 0) is 17.7 Å². The average Bonchev–Trinajstić information content (AvgIpc) is 2.80. The number of hydrogen-bond acceptors (Lipinski definition) is 6. The van der Waals surface area contributed by atoms with E-state index in [1.807, 2.05) is 20.8 Å². The van der Waals surface area contributed by atoms with E-state index >= 15 is 0 Å². The predicted molar refractivity (Wildman–Crippen MR) is 91.8 cm³/mol. The van der Waals surface area contributed by atoms with Gasteiger partial charge in [0.2, 0.25) is 0 Å². The van der Waals surface area contributed by atoms with Crippen LogP contribution in [0.25, 0.3) is 10.2 Å². The maximum Gasteiger partial charge on any atom is 0.410 e. The second kappa shape index (κ2) is 5.34. The van der Waals surface area contributed by atoms with E-state index in [1.165, 1.54) is 11.3 Å². The molecule has 23 heavy (non-hydrogen) atoms. The molecule has 0 unspecified atom stereocenters. The Bertz CT molecular complexity index is 904. The number of rotatable bonds is 0. The smallest absolute Gasteiger partial charge is 0.410 e. The van der Waals surface area contributed by atoms with E-state index in [4.69, 9.17) is 22.8 Å². The molecule has 124 valence electrons. The van der Waals surface area contributed by atoms with Crippen LogP contribution in [0.1, 0.15) is 31.2 Å². The molecular formula is C14H18N4O3S2. The molecule has 7 nitrogen and oxygen atoms in total. The van der Waals surface area contributed by atoms with E-state index in [1.54, 1.807) is 4.90 Å². The number of carbonyl (C=O) groups is 1. The van der Waals surface area contributed by atoms with Crippen LogP contribution in [0, 0.1) is 4.77 Å². The normalized spacial score (nSPS) is 14.8. The minimum atomic E-state index is -0.532. The number of nitrogens with one attached hydrogen (secondary N) is 1. The van der Waals surface area contributed by atoms with Crippen LogP contribution in [0.4, 0.5) is 4.79 Å². The average molecular weight is 354 g/mol. The summed E-state index contributed by atoms with van der Waals surface area (Å²) in [6.45, 7) is 6.44. The predicted octanol–water partition coefficient (Wildman–Crippen LogP) is 2.13. The highest BCUT2D eigenvalue weighted by atomic mass is 32.1. The van der Waals surface area contributed by atoms with Crippen LogP contribution in [-0.4, -0.2) is 32.8 Å². The van der Waals surface area contributed by atoms with E-state index in [0.29, 0.717) is 29.7 Å². The third kappa shape index (κ3) is 2.86. The van der Waals surface area contributed by atoms with Crippen LogP contribution >= 0.6 is 23.6 Å². The molecule has 0 saturated carbocycles. The van der Waals surface area contributed by atoms with Gasteiger partial charge in [-0.1, -0.05) is 0 Å². The fourth-order valence-corrected chi connectivity index (χ4v) is 4.07. The van der Waals surface area contributed by atoms with Crippen molar-refractivity contribution in [2.45, 2.75) is 39.3 Å². The second-order valence-corrected chi connectivity index (χ2v) is 7.96.